The highest BCUT2D eigenvalue weighted by atomic mass is 35.5. The number of rotatable bonds is 6. The van der Waals surface area contributed by atoms with E-state index in [2.05, 4.69) is 20.8 Å². The number of nitrogens with one attached hydrogen (secondary N) is 1. The van der Waals surface area contributed by atoms with Crippen LogP contribution in [0.3, 0.4) is 0 Å². The number of carbonyl (C=O) groups is 1. The van der Waals surface area contributed by atoms with Gasteiger partial charge in [0.2, 0.25) is 5.91 Å². The van der Waals surface area contributed by atoms with Crippen LogP contribution in [0.4, 0.5) is 5.69 Å². The number of amides is 1. The van der Waals surface area contributed by atoms with Crippen molar-refractivity contribution in [2.24, 2.45) is 0 Å². The van der Waals surface area contributed by atoms with Crippen LogP contribution < -0.4 is 5.32 Å². The van der Waals surface area contributed by atoms with Crippen molar-refractivity contribution in [2.45, 2.75) is 37.5 Å². The van der Waals surface area contributed by atoms with Gasteiger partial charge in [-0.05, 0) is 47.5 Å². The third-order valence-electron chi connectivity index (χ3n) is 3.82. The molecule has 1 aliphatic carbocycles. The van der Waals surface area contributed by atoms with E-state index in [1.165, 1.54) is 24.6 Å². The first-order chi connectivity index (χ1) is 11.2. The van der Waals surface area contributed by atoms with Crippen molar-refractivity contribution in [2.75, 3.05) is 11.1 Å². The van der Waals surface area contributed by atoms with Crippen LogP contribution in [0.5, 0.6) is 0 Å². The van der Waals surface area contributed by atoms with Gasteiger partial charge in [-0.2, -0.15) is 0 Å². The topological polar surface area (TPSA) is 72.7 Å². The molecule has 1 heterocycles. The van der Waals surface area contributed by atoms with Gasteiger partial charge >= 0.3 is 0 Å². The first-order valence-electron chi connectivity index (χ1n) is 7.62. The Balaban J connectivity index is 1.47. The Labute approximate surface area is 144 Å². The van der Waals surface area contributed by atoms with Crippen molar-refractivity contribution in [1.82, 2.24) is 20.2 Å². The lowest BCUT2D eigenvalue weighted by Crippen LogP contribution is -2.15. The van der Waals surface area contributed by atoms with Crippen LogP contribution in [-0.2, 0) is 10.5 Å². The number of tetrazole rings is 1. The summed E-state index contributed by atoms with van der Waals surface area (Å²) >= 11 is 7.33. The maximum Gasteiger partial charge on any atom is 0.234 e. The number of hydrogen-bond donors (Lipinski definition) is 1. The number of aromatic nitrogens is 4. The number of halogens is 1. The minimum absolute atomic E-state index is 0.0442. The Bertz CT molecular complexity index is 654. The van der Waals surface area contributed by atoms with Gasteiger partial charge in [-0.15, -0.1) is 16.9 Å². The first-order valence-corrected chi connectivity index (χ1v) is 9.15. The van der Waals surface area contributed by atoms with E-state index >= 15 is 0 Å². The summed E-state index contributed by atoms with van der Waals surface area (Å²) in [6, 6.07) is 7.49. The summed E-state index contributed by atoms with van der Waals surface area (Å²) in [6.45, 7) is 0. The van der Waals surface area contributed by atoms with E-state index in [9.17, 15) is 4.79 Å². The molecule has 0 atom stereocenters. The lowest BCUT2D eigenvalue weighted by Gasteiger charge is -2.11. The first kappa shape index (κ1) is 16.3. The van der Waals surface area contributed by atoms with Crippen LogP contribution in [0.1, 0.15) is 37.5 Å². The Morgan fingerprint density at radius 1 is 1.30 bits per heavy atom. The number of nitrogens with zero attached hydrogens (tertiary/aromatic N) is 4. The maximum atomic E-state index is 11.9. The summed E-state index contributed by atoms with van der Waals surface area (Å²) < 4.78 is 1.93. The number of hydrogen-bond acceptors (Lipinski definition) is 5. The molecule has 1 saturated carbocycles. The van der Waals surface area contributed by atoms with Gasteiger partial charge < -0.3 is 5.32 Å². The zero-order valence-electron chi connectivity index (χ0n) is 12.6. The quantitative estimate of drug-likeness (QED) is 0.864. The molecule has 1 aromatic heterocycles. The summed E-state index contributed by atoms with van der Waals surface area (Å²) in [6.07, 6.45) is 4.75. The van der Waals surface area contributed by atoms with Gasteiger partial charge in [-0.1, -0.05) is 24.4 Å². The predicted octanol–water partition coefficient (Wildman–Crippen LogP) is 3.31. The average molecular weight is 352 g/mol. The SMILES string of the molecule is O=C(CSCc1nnnn1C1CCCC1)Nc1ccc(Cl)cc1. The second-order valence-electron chi connectivity index (χ2n) is 5.53. The molecule has 8 heteroatoms. The van der Waals surface area contributed by atoms with Crippen LogP contribution in [0.15, 0.2) is 24.3 Å². The zero-order chi connectivity index (χ0) is 16.1. The van der Waals surface area contributed by atoms with Crippen molar-refractivity contribution >= 4 is 35.0 Å². The van der Waals surface area contributed by atoms with Crippen molar-refractivity contribution in [1.29, 1.82) is 0 Å². The smallest absolute Gasteiger partial charge is 0.234 e. The fourth-order valence-corrected chi connectivity index (χ4v) is 3.56. The van der Waals surface area contributed by atoms with E-state index in [0.717, 1.165) is 24.4 Å². The monoisotopic (exact) mass is 351 g/mol. The number of thioether (sulfide) groups is 1. The summed E-state index contributed by atoms with van der Waals surface area (Å²) in [7, 11) is 0. The normalized spacial score (nSPS) is 15.0. The van der Waals surface area contributed by atoms with Crippen LogP contribution in [0.2, 0.25) is 5.02 Å². The molecule has 6 nitrogen and oxygen atoms in total. The van der Waals surface area contributed by atoms with E-state index in [4.69, 9.17) is 11.6 Å². The van der Waals surface area contributed by atoms with Crippen LogP contribution in [0, 0.1) is 0 Å². The molecule has 1 N–H and O–H groups in total. The minimum Gasteiger partial charge on any atom is -0.325 e. The molecule has 1 amide bonds. The summed E-state index contributed by atoms with van der Waals surface area (Å²) in [4.78, 5) is 11.9. The molecule has 1 aromatic carbocycles. The molecule has 122 valence electrons. The minimum atomic E-state index is -0.0442. The molecule has 2 aromatic rings. The third-order valence-corrected chi connectivity index (χ3v) is 5.00. The van der Waals surface area contributed by atoms with Gasteiger partial charge in [0.1, 0.15) is 0 Å². The van der Waals surface area contributed by atoms with Crippen molar-refractivity contribution in [3.8, 4) is 0 Å². The van der Waals surface area contributed by atoms with Crippen molar-refractivity contribution in [3.05, 3.63) is 35.1 Å². The Hall–Kier alpha value is -1.60. The average Bonchev–Trinajstić information content (AvgIpc) is 3.20. The molecule has 0 radical (unpaired) electrons. The standard InChI is InChI=1S/C15H18ClN5OS/c16-11-5-7-12(8-6-11)17-15(22)10-23-9-14-18-19-20-21(14)13-3-1-2-4-13/h5-8,13H,1-4,9-10H2,(H,17,22). The predicted molar refractivity (Wildman–Crippen MR) is 91.6 cm³/mol. The highest BCUT2D eigenvalue weighted by Crippen LogP contribution is 2.29. The molecule has 3 rings (SSSR count). The molecular weight excluding hydrogens is 334 g/mol. The molecule has 0 unspecified atom stereocenters. The van der Waals surface area contributed by atoms with E-state index in [1.807, 2.05) is 4.68 Å². The van der Waals surface area contributed by atoms with E-state index < -0.39 is 0 Å². The van der Waals surface area contributed by atoms with Gasteiger partial charge in [0.15, 0.2) is 5.82 Å². The van der Waals surface area contributed by atoms with E-state index in [1.54, 1.807) is 24.3 Å². The molecule has 0 aliphatic heterocycles. The highest BCUT2D eigenvalue weighted by molar-refractivity contribution is 7.99. The van der Waals surface area contributed by atoms with Gasteiger partial charge in [0.05, 0.1) is 17.5 Å². The van der Waals surface area contributed by atoms with Crippen molar-refractivity contribution < 1.29 is 4.79 Å². The molecule has 0 saturated heterocycles. The zero-order valence-corrected chi connectivity index (χ0v) is 14.2. The Morgan fingerprint density at radius 3 is 2.78 bits per heavy atom. The second-order valence-corrected chi connectivity index (χ2v) is 6.95. The lowest BCUT2D eigenvalue weighted by molar-refractivity contribution is -0.113. The van der Waals surface area contributed by atoms with Gasteiger partial charge in [-0.25, -0.2) is 4.68 Å². The molecule has 1 aliphatic rings. The van der Waals surface area contributed by atoms with Gasteiger partial charge in [0, 0.05) is 10.7 Å². The highest BCUT2D eigenvalue weighted by Gasteiger charge is 2.21. The summed E-state index contributed by atoms with van der Waals surface area (Å²) in [5.74, 6) is 1.80. The fraction of sp³-hybridized carbons (Fsp3) is 0.467. The lowest BCUT2D eigenvalue weighted by atomic mass is 10.2. The Kier molecular flexibility index (Phi) is 5.51. The number of benzene rings is 1. The van der Waals surface area contributed by atoms with Crippen LogP contribution in [-0.4, -0.2) is 31.9 Å². The molecule has 0 spiro atoms. The van der Waals surface area contributed by atoms with Crippen LogP contribution in [0.25, 0.3) is 0 Å². The van der Waals surface area contributed by atoms with E-state index in [-0.39, 0.29) is 5.91 Å². The van der Waals surface area contributed by atoms with Gasteiger partial charge in [0.25, 0.3) is 0 Å². The third kappa shape index (κ3) is 4.45. The number of anilines is 1. The van der Waals surface area contributed by atoms with E-state index in [0.29, 0.717) is 22.6 Å². The number of carbonyl (C=O) groups excluding carboxylic acids is 1. The molecule has 0 bridgehead atoms. The molecule has 1 fully saturated rings. The fourth-order valence-electron chi connectivity index (χ4n) is 2.71. The van der Waals surface area contributed by atoms with Crippen LogP contribution >= 0.6 is 23.4 Å². The molecule has 23 heavy (non-hydrogen) atoms. The summed E-state index contributed by atoms with van der Waals surface area (Å²) in [5.41, 5.74) is 0.746. The van der Waals surface area contributed by atoms with Gasteiger partial charge in [-0.3, -0.25) is 4.79 Å². The van der Waals surface area contributed by atoms with Crippen molar-refractivity contribution in [3.63, 3.8) is 0 Å². The molecular formula is C15H18ClN5OS. The largest absolute Gasteiger partial charge is 0.325 e. The maximum absolute atomic E-state index is 11.9. The Morgan fingerprint density at radius 2 is 2.04 bits per heavy atom. The second kappa shape index (κ2) is 7.79. The summed E-state index contributed by atoms with van der Waals surface area (Å²) in [5, 5.41) is 15.5.